The molecule has 1 heterocycles. The summed E-state index contributed by atoms with van der Waals surface area (Å²) in [5.41, 5.74) is 10.1. The Bertz CT molecular complexity index is 581. The molecule has 1 aromatic carbocycles. The normalized spacial score (nSPS) is 10.9. The molecule has 2 rings (SSSR count). The predicted octanol–water partition coefficient (Wildman–Crippen LogP) is 0.429. The Morgan fingerprint density at radius 3 is 2.89 bits per heavy atom. The van der Waals surface area contributed by atoms with E-state index in [1.54, 1.807) is 18.6 Å². The second-order valence-electron chi connectivity index (χ2n) is 3.64. The van der Waals surface area contributed by atoms with Gasteiger partial charge in [-0.1, -0.05) is 6.07 Å². The van der Waals surface area contributed by atoms with Crippen LogP contribution in [0.5, 0.6) is 0 Å². The van der Waals surface area contributed by atoms with Gasteiger partial charge in [-0.2, -0.15) is 5.10 Å². The van der Waals surface area contributed by atoms with Crippen LogP contribution in [0.15, 0.2) is 35.7 Å². The molecule has 6 nitrogen and oxygen atoms in total. The fourth-order valence-corrected chi connectivity index (χ4v) is 1.43. The summed E-state index contributed by atoms with van der Waals surface area (Å²) in [6.45, 7) is 0.312. The Morgan fingerprint density at radius 2 is 2.11 bits per heavy atom. The number of nitrogens with zero attached hydrogens (tertiary/aromatic N) is 3. The number of hydrazone groups is 1. The van der Waals surface area contributed by atoms with E-state index in [1.807, 2.05) is 18.2 Å². The first-order valence-electron chi connectivity index (χ1n) is 5.52. The van der Waals surface area contributed by atoms with Crippen LogP contribution in [0.4, 0.5) is 0 Å². The summed E-state index contributed by atoms with van der Waals surface area (Å²) in [7, 11) is 0. The van der Waals surface area contributed by atoms with E-state index < -0.39 is 0 Å². The largest absolute Gasteiger partial charge is 0.330 e. The molecule has 0 aliphatic carbocycles. The Kier molecular flexibility index (Phi) is 3.93. The molecule has 0 aliphatic heterocycles. The predicted molar refractivity (Wildman–Crippen MR) is 68.9 cm³/mol. The number of nitrogens with two attached hydrogens (primary N) is 1. The molecule has 6 heteroatoms. The summed E-state index contributed by atoms with van der Waals surface area (Å²) >= 11 is 0. The SMILES string of the molecule is NCCC(=O)N/N=C/c1ccc2nccnc2c1. The molecule has 0 fully saturated rings. The molecular formula is C12H13N5O. The second kappa shape index (κ2) is 5.83. The fourth-order valence-electron chi connectivity index (χ4n) is 1.43. The number of hydrogen-bond acceptors (Lipinski definition) is 5. The average molecular weight is 243 g/mol. The lowest BCUT2D eigenvalue weighted by Gasteiger charge is -1.98. The molecule has 92 valence electrons. The van der Waals surface area contributed by atoms with Crippen LogP contribution < -0.4 is 11.2 Å². The van der Waals surface area contributed by atoms with Gasteiger partial charge in [-0.3, -0.25) is 14.8 Å². The Labute approximate surface area is 104 Å². The van der Waals surface area contributed by atoms with Crippen molar-refractivity contribution in [3.63, 3.8) is 0 Å². The molecule has 2 aromatic rings. The zero-order valence-corrected chi connectivity index (χ0v) is 9.71. The average Bonchev–Trinajstić information content (AvgIpc) is 2.39. The molecule has 18 heavy (non-hydrogen) atoms. The third-order valence-corrected chi connectivity index (χ3v) is 2.27. The van der Waals surface area contributed by atoms with Crippen molar-refractivity contribution in [3.8, 4) is 0 Å². The van der Waals surface area contributed by atoms with Crippen molar-refractivity contribution in [2.45, 2.75) is 6.42 Å². The number of benzene rings is 1. The first-order chi connectivity index (χ1) is 8.79. The monoisotopic (exact) mass is 243 g/mol. The highest BCUT2D eigenvalue weighted by molar-refractivity contribution is 5.87. The van der Waals surface area contributed by atoms with Crippen LogP contribution in [-0.2, 0) is 4.79 Å². The van der Waals surface area contributed by atoms with Gasteiger partial charge in [0.05, 0.1) is 17.2 Å². The number of hydrogen-bond donors (Lipinski definition) is 2. The van der Waals surface area contributed by atoms with Crippen molar-refractivity contribution in [3.05, 3.63) is 36.2 Å². The summed E-state index contributed by atoms with van der Waals surface area (Å²) in [6, 6.07) is 5.56. The highest BCUT2D eigenvalue weighted by Crippen LogP contribution is 2.08. The van der Waals surface area contributed by atoms with Gasteiger partial charge in [-0.25, -0.2) is 5.43 Å². The van der Waals surface area contributed by atoms with Crippen LogP contribution in [0.25, 0.3) is 11.0 Å². The van der Waals surface area contributed by atoms with Gasteiger partial charge in [-0.05, 0) is 17.7 Å². The minimum atomic E-state index is -0.200. The molecule has 0 radical (unpaired) electrons. The number of amides is 1. The first kappa shape index (κ1) is 12.1. The number of rotatable bonds is 4. The van der Waals surface area contributed by atoms with Gasteiger partial charge in [0.25, 0.3) is 0 Å². The first-order valence-corrected chi connectivity index (χ1v) is 5.52. The lowest BCUT2D eigenvalue weighted by Crippen LogP contribution is -2.20. The van der Waals surface area contributed by atoms with E-state index >= 15 is 0 Å². The molecule has 1 aromatic heterocycles. The summed E-state index contributed by atoms with van der Waals surface area (Å²) in [5, 5.41) is 3.84. The lowest BCUT2D eigenvalue weighted by atomic mass is 10.2. The standard InChI is InChI=1S/C12H13N5O/c13-4-3-12(18)17-16-8-9-1-2-10-11(7-9)15-6-5-14-10/h1-2,5-8H,3-4,13H2,(H,17,18)/b16-8+. The number of carbonyl (C=O) groups excluding carboxylic acids is 1. The van der Waals surface area contributed by atoms with E-state index in [-0.39, 0.29) is 12.3 Å². The van der Waals surface area contributed by atoms with Crippen LogP contribution in [0.2, 0.25) is 0 Å². The second-order valence-corrected chi connectivity index (χ2v) is 3.64. The maximum Gasteiger partial charge on any atom is 0.241 e. The number of aromatic nitrogens is 2. The highest BCUT2D eigenvalue weighted by Gasteiger charge is 1.97. The molecule has 0 bridgehead atoms. The number of carbonyl (C=O) groups is 1. The van der Waals surface area contributed by atoms with E-state index in [0.29, 0.717) is 6.54 Å². The maximum atomic E-state index is 11.1. The van der Waals surface area contributed by atoms with Gasteiger partial charge in [0.15, 0.2) is 0 Å². The molecule has 1 amide bonds. The van der Waals surface area contributed by atoms with Gasteiger partial charge < -0.3 is 5.73 Å². The van der Waals surface area contributed by atoms with Gasteiger partial charge in [0.1, 0.15) is 0 Å². The van der Waals surface area contributed by atoms with Crippen molar-refractivity contribution in [1.82, 2.24) is 15.4 Å². The van der Waals surface area contributed by atoms with Crippen LogP contribution in [0, 0.1) is 0 Å². The number of nitrogens with one attached hydrogen (secondary N) is 1. The van der Waals surface area contributed by atoms with Crippen LogP contribution >= 0.6 is 0 Å². The molecule has 0 spiro atoms. The van der Waals surface area contributed by atoms with Crippen LogP contribution in [0.3, 0.4) is 0 Å². The third-order valence-electron chi connectivity index (χ3n) is 2.27. The van der Waals surface area contributed by atoms with Crippen molar-refractivity contribution >= 4 is 23.2 Å². The van der Waals surface area contributed by atoms with Gasteiger partial charge >= 0.3 is 0 Å². The maximum absolute atomic E-state index is 11.1. The minimum absolute atomic E-state index is 0.200. The van der Waals surface area contributed by atoms with Crippen molar-refractivity contribution < 1.29 is 4.79 Å². The summed E-state index contributed by atoms with van der Waals surface area (Å²) in [6.07, 6.45) is 5.10. The smallest absolute Gasteiger partial charge is 0.241 e. The van der Waals surface area contributed by atoms with Gasteiger partial charge in [0.2, 0.25) is 5.91 Å². The fraction of sp³-hybridized carbons (Fsp3) is 0.167. The topological polar surface area (TPSA) is 93.3 Å². The van der Waals surface area contributed by atoms with Crippen LogP contribution in [0.1, 0.15) is 12.0 Å². The highest BCUT2D eigenvalue weighted by atomic mass is 16.2. The molecule has 0 aliphatic rings. The van der Waals surface area contributed by atoms with E-state index in [0.717, 1.165) is 16.6 Å². The summed E-state index contributed by atoms with van der Waals surface area (Å²) in [4.78, 5) is 19.5. The minimum Gasteiger partial charge on any atom is -0.330 e. The molecule has 0 saturated carbocycles. The van der Waals surface area contributed by atoms with E-state index in [4.69, 9.17) is 5.73 Å². The summed E-state index contributed by atoms with van der Waals surface area (Å²) < 4.78 is 0. The van der Waals surface area contributed by atoms with Crippen molar-refractivity contribution in [2.24, 2.45) is 10.8 Å². The number of fused-ring (bicyclic) bond motifs is 1. The van der Waals surface area contributed by atoms with Crippen molar-refractivity contribution in [1.29, 1.82) is 0 Å². The molecule has 0 unspecified atom stereocenters. The Morgan fingerprint density at radius 1 is 1.33 bits per heavy atom. The molecular weight excluding hydrogens is 230 g/mol. The third kappa shape index (κ3) is 3.08. The lowest BCUT2D eigenvalue weighted by molar-refractivity contribution is -0.120. The summed E-state index contributed by atoms with van der Waals surface area (Å²) in [5.74, 6) is -0.200. The van der Waals surface area contributed by atoms with E-state index in [2.05, 4.69) is 20.5 Å². The molecule has 0 saturated heterocycles. The van der Waals surface area contributed by atoms with Gasteiger partial charge in [-0.15, -0.1) is 0 Å². The van der Waals surface area contributed by atoms with Gasteiger partial charge in [0, 0.05) is 25.4 Å². The molecule has 3 N–H and O–H groups in total. The van der Waals surface area contributed by atoms with Crippen LogP contribution in [-0.4, -0.2) is 28.6 Å². The zero-order chi connectivity index (χ0) is 12.8. The zero-order valence-electron chi connectivity index (χ0n) is 9.71. The quantitative estimate of drug-likeness (QED) is 0.601. The van der Waals surface area contributed by atoms with Crippen molar-refractivity contribution in [2.75, 3.05) is 6.54 Å². The Hall–Kier alpha value is -2.34. The van der Waals surface area contributed by atoms with E-state index in [1.165, 1.54) is 0 Å². The molecule has 0 atom stereocenters. The van der Waals surface area contributed by atoms with E-state index in [9.17, 15) is 4.79 Å². The Balaban J connectivity index is 2.07.